The van der Waals surface area contributed by atoms with E-state index in [9.17, 15) is 4.39 Å². The van der Waals surface area contributed by atoms with Gasteiger partial charge in [0.05, 0.1) is 6.54 Å². The van der Waals surface area contributed by atoms with Gasteiger partial charge in [-0.25, -0.2) is 4.39 Å². The highest BCUT2D eigenvalue weighted by Gasteiger charge is 2.24. The largest absolute Gasteiger partial charge is 0.486 e. The topological polar surface area (TPSA) is 83.4 Å². The summed E-state index contributed by atoms with van der Waals surface area (Å²) in [4.78, 5) is 3.99. The Morgan fingerprint density at radius 1 is 1.28 bits per heavy atom. The molecule has 0 atom stereocenters. The van der Waals surface area contributed by atoms with Gasteiger partial charge in [-0.05, 0) is 12.1 Å². The third-order valence-corrected chi connectivity index (χ3v) is 2.52. The van der Waals surface area contributed by atoms with Crippen molar-refractivity contribution in [1.82, 2.24) is 10.1 Å². The van der Waals surface area contributed by atoms with E-state index in [2.05, 4.69) is 10.1 Å². The normalized spacial score (nSPS) is 13.7. The highest BCUT2D eigenvalue weighted by Crippen LogP contribution is 2.40. The molecule has 7 heteroatoms. The van der Waals surface area contributed by atoms with Crippen LogP contribution in [0.2, 0.25) is 0 Å². The molecule has 94 valence electrons. The fraction of sp³-hybridized carbons (Fsp3) is 0.273. The van der Waals surface area contributed by atoms with Crippen LogP contribution in [0.4, 0.5) is 4.39 Å². The number of fused-ring (bicyclic) bond motifs is 1. The van der Waals surface area contributed by atoms with Gasteiger partial charge in [-0.1, -0.05) is 5.16 Å². The first-order chi connectivity index (χ1) is 8.79. The molecule has 0 saturated carbocycles. The van der Waals surface area contributed by atoms with E-state index < -0.39 is 5.82 Å². The van der Waals surface area contributed by atoms with Crippen molar-refractivity contribution in [3.63, 3.8) is 0 Å². The van der Waals surface area contributed by atoms with Gasteiger partial charge in [-0.2, -0.15) is 4.98 Å². The van der Waals surface area contributed by atoms with Crippen LogP contribution < -0.4 is 15.2 Å². The molecule has 0 radical (unpaired) electrons. The second-order valence-corrected chi connectivity index (χ2v) is 3.66. The first-order valence-electron chi connectivity index (χ1n) is 5.40. The van der Waals surface area contributed by atoms with Crippen molar-refractivity contribution < 1.29 is 18.4 Å². The van der Waals surface area contributed by atoms with Crippen molar-refractivity contribution in [3.05, 3.63) is 23.8 Å². The molecule has 0 spiro atoms. The van der Waals surface area contributed by atoms with Crippen molar-refractivity contribution in [2.75, 3.05) is 13.2 Å². The second kappa shape index (κ2) is 4.26. The molecule has 18 heavy (non-hydrogen) atoms. The zero-order valence-electron chi connectivity index (χ0n) is 9.35. The van der Waals surface area contributed by atoms with E-state index in [4.69, 9.17) is 19.7 Å². The summed E-state index contributed by atoms with van der Waals surface area (Å²) in [6.45, 7) is 0.879. The number of hydrogen-bond acceptors (Lipinski definition) is 6. The van der Waals surface area contributed by atoms with Gasteiger partial charge in [-0.15, -0.1) is 0 Å². The SMILES string of the molecule is NCc1nc(-c2c(F)ccc3c2OCCO3)no1. The summed E-state index contributed by atoms with van der Waals surface area (Å²) in [5, 5.41) is 3.68. The Morgan fingerprint density at radius 2 is 2.11 bits per heavy atom. The lowest BCUT2D eigenvalue weighted by atomic mass is 10.1. The molecule has 0 fully saturated rings. The quantitative estimate of drug-likeness (QED) is 0.860. The number of halogens is 1. The van der Waals surface area contributed by atoms with Crippen LogP contribution in [-0.4, -0.2) is 23.4 Å². The van der Waals surface area contributed by atoms with Crippen LogP contribution in [0.15, 0.2) is 16.7 Å². The van der Waals surface area contributed by atoms with E-state index in [0.29, 0.717) is 24.7 Å². The van der Waals surface area contributed by atoms with Gasteiger partial charge in [-0.3, -0.25) is 0 Å². The molecule has 1 aliphatic rings. The lowest BCUT2D eigenvalue weighted by Gasteiger charge is -2.20. The zero-order valence-corrected chi connectivity index (χ0v) is 9.35. The number of nitrogens with zero attached hydrogens (tertiary/aromatic N) is 2. The van der Waals surface area contributed by atoms with Crippen LogP contribution in [0.5, 0.6) is 11.5 Å². The summed E-state index contributed by atoms with van der Waals surface area (Å²) in [6, 6.07) is 2.79. The molecule has 1 aromatic carbocycles. The molecule has 0 amide bonds. The van der Waals surface area contributed by atoms with Crippen LogP contribution >= 0.6 is 0 Å². The summed E-state index contributed by atoms with van der Waals surface area (Å²) >= 11 is 0. The third-order valence-electron chi connectivity index (χ3n) is 2.52. The Bertz CT molecular complexity index is 585. The van der Waals surface area contributed by atoms with Gasteiger partial charge >= 0.3 is 0 Å². The Balaban J connectivity index is 2.15. The number of hydrogen-bond donors (Lipinski definition) is 1. The first-order valence-corrected chi connectivity index (χ1v) is 5.40. The zero-order chi connectivity index (χ0) is 12.5. The second-order valence-electron chi connectivity index (χ2n) is 3.66. The van der Waals surface area contributed by atoms with E-state index in [1.54, 1.807) is 0 Å². The molecule has 0 unspecified atom stereocenters. The van der Waals surface area contributed by atoms with Crippen LogP contribution in [0, 0.1) is 5.82 Å². The average molecular weight is 251 g/mol. The Kier molecular flexibility index (Phi) is 2.60. The molecule has 0 bridgehead atoms. The minimum Gasteiger partial charge on any atom is -0.486 e. The Morgan fingerprint density at radius 3 is 2.89 bits per heavy atom. The van der Waals surface area contributed by atoms with Crippen LogP contribution in [0.1, 0.15) is 5.89 Å². The Hall–Kier alpha value is -2.15. The van der Waals surface area contributed by atoms with Gasteiger partial charge in [0.2, 0.25) is 11.7 Å². The number of aromatic nitrogens is 2. The van der Waals surface area contributed by atoms with E-state index in [1.807, 2.05) is 0 Å². The molecule has 1 aromatic heterocycles. The van der Waals surface area contributed by atoms with Crippen molar-refractivity contribution in [2.24, 2.45) is 5.73 Å². The molecule has 2 heterocycles. The highest BCUT2D eigenvalue weighted by molar-refractivity contribution is 5.69. The number of rotatable bonds is 2. The predicted octanol–water partition coefficient (Wildman–Crippen LogP) is 1.11. The average Bonchev–Trinajstić information content (AvgIpc) is 2.87. The molecule has 6 nitrogen and oxygen atoms in total. The van der Waals surface area contributed by atoms with Crippen molar-refractivity contribution in [1.29, 1.82) is 0 Å². The minimum absolute atomic E-state index is 0.0982. The van der Waals surface area contributed by atoms with E-state index in [1.165, 1.54) is 12.1 Å². The summed E-state index contributed by atoms with van der Waals surface area (Å²) in [6.07, 6.45) is 0. The van der Waals surface area contributed by atoms with Crippen LogP contribution in [0.25, 0.3) is 11.4 Å². The maximum atomic E-state index is 13.9. The highest BCUT2D eigenvalue weighted by atomic mass is 19.1. The van der Waals surface area contributed by atoms with Crippen molar-refractivity contribution in [3.8, 4) is 22.9 Å². The van der Waals surface area contributed by atoms with Gasteiger partial charge in [0.25, 0.3) is 0 Å². The molecule has 2 N–H and O–H groups in total. The molecule has 1 aliphatic heterocycles. The fourth-order valence-corrected chi connectivity index (χ4v) is 1.74. The number of nitrogens with two attached hydrogens (primary N) is 1. The summed E-state index contributed by atoms with van der Waals surface area (Å²) < 4.78 is 29.5. The lowest BCUT2D eigenvalue weighted by molar-refractivity contribution is 0.171. The van der Waals surface area contributed by atoms with Crippen molar-refractivity contribution in [2.45, 2.75) is 6.54 Å². The minimum atomic E-state index is -0.497. The monoisotopic (exact) mass is 251 g/mol. The molecule has 0 aliphatic carbocycles. The maximum absolute atomic E-state index is 13.9. The van der Waals surface area contributed by atoms with Crippen molar-refractivity contribution >= 4 is 0 Å². The number of ether oxygens (including phenoxy) is 2. The van der Waals surface area contributed by atoms with Gasteiger partial charge < -0.3 is 19.7 Å². The summed E-state index contributed by atoms with van der Waals surface area (Å²) in [7, 11) is 0. The number of benzene rings is 1. The van der Waals surface area contributed by atoms with E-state index in [0.717, 1.165) is 0 Å². The molecular formula is C11H10FN3O3. The van der Waals surface area contributed by atoms with Gasteiger partial charge in [0, 0.05) is 0 Å². The molecular weight excluding hydrogens is 241 g/mol. The van der Waals surface area contributed by atoms with Gasteiger partial charge in [0.15, 0.2) is 11.5 Å². The first kappa shape index (κ1) is 11.0. The summed E-state index contributed by atoms with van der Waals surface area (Å²) in [5.41, 5.74) is 5.51. The predicted molar refractivity (Wildman–Crippen MR) is 58.6 cm³/mol. The smallest absolute Gasteiger partial charge is 0.240 e. The molecule has 3 rings (SSSR count). The fourth-order valence-electron chi connectivity index (χ4n) is 1.74. The Labute approximate surface area is 101 Å². The van der Waals surface area contributed by atoms with Crippen LogP contribution in [0.3, 0.4) is 0 Å². The molecule has 0 saturated heterocycles. The molecule has 2 aromatic rings. The maximum Gasteiger partial charge on any atom is 0.240 e. The standard InChI is InChI=1S/C11H10FN3O3/c12-6-1-2-7-10(17-4-3-16-7)9(6)11-14-8(5-13)18-15-11/h1-2H,3-5,13H2. The van der Waals surface area contributed by atoms with Gasteiger partial charge in [0.1, 0.15) is 24.6 Å². The summed E-state index contributed by atoms with van der Waals surface area (Å²) in [5.74, 6) is 0.611. The van der Waals surface area contributed by atoms with E-state index in [-0.39, 0.29) is 23.8 Å². The van der Waals surface area contributed by atoms with E-state index >= 15 is 0 Å². The van der Waals surface area contributed by atoms with Crippen LogP contribution in [-0.2, 0) is 6.54 Å². The lowest BCUT2D eigenvalue weighted by Crippen LogP contribution is -2.16. The third kappa shape index (κ3) is 1.68.